The van der Waals surface area contributed by atoms with E-state index in [1.807, 2.05) is 31.1 Å². The number of benzene rings is 1. The normalized spacial score (nSPS) is 12.0. The lowest BCUT2D eigenvalue weighted by Crippen LogP contribution is -2.34. The highest BCUT2D eigenvalue weighted by molar-refractivity contribution is 6.03. The zero-order valence-electron chi connectivity index (χ0n) is 15.1. The third-order valence-corrected chi connectivity index (χ3v) is 4.08. The lowest BCUT2D eigenvalue weighted by molar-refractivity contribution is 0.0937. The van der Waals surface area contributed by atoms with Crippen molar-refractivity contribution in [2.24, 2.45) is 0 Å². The molecule has 0 radical (unpaired) electrons. The van der Waals surface area contributed by atoms with Gasteiger partial charge >= 0.3 is 0 Å². The van der Waals surface area contributed by atoms with Gasteiger partial charge in [-0.25, -0.2) is 0 Å². The summed E-state index contributed by atoms with van der Waals surface area (Å²) < 4.78 is 10.5. The highest BCUT2D eigenvalue weighted by atomic mass is 16.3. The average Bonchev–Trinajstić information content (AvgIpc) is 3.36. The molecule has 3 rings (SSSR count). The third kappa shape index (κ3) is 4.65. The molecule has 1 aromatic carbocycles. The molecule has 3 aromatic rings. The second kappa shape index (κ2) is 8.37. The summed E-state index contributed by atoms with van der Waals surface area (Å²) >= 11 is 0. The largest absolute Gasteiger partial charge is 0.468 e. The summed E-state index contributed by atoms with van der Waals surface area (Å²) in [5.74, 6) is 0.377. The first kappa shape index (κ1) is 18.5. The molecule has 1 atom stereocenters. The number of furan rings is 2. The minimum atomic E-state index is -0.372. The first-order valence-electron chi connectivity index (χ1n) is 8.47. The molecule has 0 spiro atoms. The van der Waals surface area contributed by atoms with Crippen molar-refractivity contribution in [3.05, 3.63) is 78.1 Å². The maximum absolute atomic E-state index is 12.5. The van der Waals surface area contributed by atoms with Crippen LogP contribution in [0, 0.1) is 0 Å². The van der Waals surface area contributed by atoms with Crippen molar-refractivity contribution in [1.82, 2.24) is 10.2 Å². The number of hydrogen-bond donors (Lipinski definition) is 2. The summed E-state index contributed by atoms with van der Waals surface area (Å²) in [6, 6.07) is 13.6. The molecule has 7 nitrogen and oxygen atoms in total. The van der Waals surface area contributed by atoms with Gasteiger partial charge in [-0.15, -0.1) is 0 Å². The van der Waals surface area contributed by atoms with Crippen molar-refractivity contribution in [1.29, 1.82) is 0 Å². The van der Waals surface area contributed by atoms with E-state index in [-0.39, 0.29) is 23.6 Å². The van der Waals surface area contributed by atoms with Crippen LogP contribution in [-0.2, 0) is 0 Å². The Hall–Kier alpha value is -3.32. The fourth-order valence-electron chi connectivity index (χ4n) is 2.65. The van der Waals surface area contributed by atoms with Gasteiger partial charge in [-0.1, -0.05) is 6.07 Å². The molecule has 2 aromatic heterocycles. The quantitative estimate of drug-likeness (QED) is 0.670. The van der Waals surface area contributed by atoms with E-state index >= 15 is 0 Å². The summed E-state index contributed by atoms with van der Waals surface area (Å²) in [5, 5.41) is 5.61. The zero-order valence-corrected chi connectivity index (χ0v) is 15.1. The van der Waals surface area contributed by atoms with Crippen molar-refractivity contribution in [2.75, 3.05) is 26.0 Å². The molecule has 2 heterocycles. The van der Waals surface area contributed by atoms with Crippen LogP contribution in [0.4, 0.5) is 5.69 Å². The summed E-state index contributed by atoms with van der Waals surface area (Å²) in [6.07, 6.45) is 3.04. The van der Waals surface area contributed by atoms with Gasteiger partial charge in [-0.05, 0) is 56.6 Å². The van der Waals surface area contributed by atoms with E-state index in [2.05, 4.69) is 10.6 Å². The fraction of sp³-hybridized carbons (Fsp3) is 0.200. The van der Waals surface area contributed by atoms with Crippen LogP contribution in [0.15, 0.2) is 69.9 Å². The Morgan fingerprint density at radius 3 is 2.44 bits per heavy atom. The second-order valence-electron chi connectivity index (χ2n) is 6.22. The summed E-state index contributed by atoms with van der Waals surface area (Å²) in [4.78, 5) is 26.5. The molecule has 0 saturated carbocycles. The Bertz CT molecular complexity index is 886. The molecule has 27 heavy (non-hydrogen) atoms. The monoisotopic (exact) mass is 367 g/mol. The van der Waals surface area contributed by atoms with Crippen molar-refractivity contribution in [2.45, 2.75) is 6.04 Å². The van der Waals surface area contributed by atoms with Crippen LogP contribution in [0.5, 0.6) is 0 Å². The number of amides is 2. The molecule has 2 amide bonds. The van der Waals surface area contributed by atoms with Crippen LogP contribution in [0.25, 0.3) is 0 Å². The van der Waals surface area contributed by atoms with Gasteiger partial charge in [-0.2, -0.15) is 0 Å². The van der Waals surface area contributed by atoms with Gasteiger partial charge in [0.25, 0.3) is 11.8 Å². The van der Waals surface area contributed by atoms with Crippen molar-refractivity contribution in [3.63, 3.8) is 0 Å². The highest BCUT2D eigenvalue weighted by Gasteiger charge is 2.18. The predicted molar refractivity (Wildman–Crippen MR) is 101 cm³/mol. The van der Waals surface area contributed by atoms with Crippen molar-refractivity contribution in [3.8, 4) is 0 Å². The lowest BCUT2D eigenvalue weighted by Gasteiger charge is -2.22. The molecule has 0 saturated heterocycles. The van der Waals surface area contributed by atoms with E-state index < -0.39 is 0 Å². The number of carbonyl (C=O) groups is 2. The Morgan fingerprint density at radius 1 is 1.00 bits per heavy atom. The standard InChI is InChI=1S/C20H21N3O4/c1-23(2)16(17-8-4-10-26-17)13-21-19(24)14-6-3-7-15(12-14)22-20(25)18-9-5-11-27-18/h3-12,16H,13H2,1-2H3,(H,21,24)(H,22,25). The first-order valence-corrected chi connectivity index (χ1v) is 8.47. The Morgan fingerprint density at radius 2 is 1.78 bits per heavy atom. The molecule has 7 heteroatoms. The van der Waals surface area contributed by atoms with E-state index in [0.717, 1.165) is 5.76 Å². The van der Waals surface area contributed by atoms with Gasteiger partial charge < -0.3 is 19.5 Å². The van der Waals surface area contributed by atoms with Gasteiger partial charge in [0.1, 0.15) is 5.76 Å². The Balaban J connectivity index is 1.64. The highest BCUT2D eigenvalue weighted by Crippen LogP contribution is 2.18. The molecule has 0 aliphatic rings. The first-order chi connectivity index (χ1) is 13.0. The van der Waals surface area contributed by atoms with E-state index in [1.165, 1.54) is 6.26 Å². The number of anilines is 1. The van der Waals surface area contributed by atoms with Crippen LogP contribution in [0.2, 0.25) is 0 Å². The number of carbonyl (C=O) groups excluding carboxylic acids is 2. The lowest BCUT2D eigenvalue weighted by atomic mass is 10.1. The van der Waals surface area contributed by atoms with E-state index in [1.54, 1.807) is 42.7 Å². The smallest absolute Gasteiger partial charge is 0.291 e. The second-order valence-corrected chi connectivity index (χ2v) is 6.22. The van der Waals surface area contributed by atoms with Crippen LogP contribution in [0.1, 0.15) is 32.7 Å². The van der Waals surface area contributed by atoms with Gasteiger partial charge in [0.15, 0.2) is 5.76 Å². The van der Waals surface area contributed by atoms with Crippen LogP contribution >= 0.6 is 0 Å². The molecule has 2 N–H and O–H groups in total. The maximum Gasteiger partial charge on any atom is 0.291 e. The van der Waals surface area contributed by atoms with Crippen molar-refractivity contribution < 1.29 is 18.4 Å². The maximum atomic E-state index is 12.5. The molecule has 0 aliphatic heterocycles. The molecule has 0 bridgehead atoms. The fourth-order valence-corrected chi connectivity index (χ4v) is 2.65. The zero-order chi connectivity index (χ0) is 19.2. The van der Waals surface area contributed by atoms with Crippen molar-refractivity contribution >= 4 is 17.5 Å². The molecule has 1 unspecified atom stereocenters. The number of likely N-dealkylation sites (N-methyl/N-ethyl adjacent to an activating group) is 1. The van der Waals surface area contributed by atoms with Crippen LogP contribution in [-0.4, -0.2) is 37.4 Å². The van der Waals surface area contributed by atoms with Gasteiger partial charge in [0.05, 0.1) is 18.6 Å². The minimum Gasteiger partial charge on any atom is -0.468 e. The van der Waals surface area contributed by atoms with E-state index in [4.69, 9.17) is 8.83 Å². The Labute approximate surface area is 157 Å². The summed E-state index contributed by atoms with van der Waals surface area (Å²) in [6.45, 7) is 0.391. The van der Waals surface area contributed by atoms with Gasteiger partial charge in [-0.3, -0.25) is 14.5 Å². The molecule has 0 fully saturated rings. The molecular formula is C20H21N3O4. The average molecular weight is 367 g/mol. The summed E-state index contributed by atoms with van der Waals surface area (Å²) in [5.41, 5.74) is 0.962. The van der Waals surface area contributed by atoms with Gasteiger partial charge in [0.2, 0.25) is 0 Å². The molecule has 0 aliphatic carbocycles. The Kier molecular flexibility index (Phi) is 5.73. The van der Waals surface area contributed by atoms with Gasteiger partial charge in [0, 0.05) is 17.8 Å². The van der Waals surface area contributed by atoms with E-state index in [9.17, 15) is 9.59 Å². The predicted octanol–water partition coefficient (Wildman–Crippen LogP) is 3.16. The number of hydrogen-bond acceptors (Lipinski definition) is 5. The topological polar surface area (TPSA) is 87.7 Å². The third-order valence-electron chi connectivity index (χ3n) is 4.08. The van der Waals surface area contributed by atoms with E-state index in [0.29, 0.717) is 17.8 Å². The minimum absolute atomic E-state index is 0.0780. The van der Waals surface area contributed by atoms with Crippen LogP contribution < -0.4 is 10.6 Å². The number of rotatable bonds is 7. The van der Waals surface area contributed by atoms with Crippen LogP contribution in [0.3, 0.4) is 0 Å². The molecule has 140 valence electrons. The number of nitrogens with zero attached hydrogens (tertiary/aromatic N) is 1. The molecular weight excluding hydrogens is 346 g/mol. The summed E-state index contributed by atoms with van der Waals surface area (Å²) in [7, 11) is 3.84. The number of nitrogens with one attached hydrogen (secondary N) is 2. The SMILES string of the molecule is CN(C)C(CNC(=O)c1cccc(NC(=O)c2ccco2)c1)c1ccco1.